The molecule has 0 bridgehead atoms. The summed E-state index contributed by atoms with van der Waals surface area (Å²) in [5.74, 6) is 2.04. The molecule has 1 aliphatic rings. The lowest BCUT2D eigenvalue weighted by molar-refractivity contribution is 0.418. The highest BCUT2D eigenvalue weighted by molar-refractivity contribution is 7.80. The predicted octanol–water partition coefficient (Wildman–Crippen LogP) is 6.18. The molecule has 1 nitrogen and oxygen atoms in total. The molecule has 0 spiro atoms. The molecule has 4 aromatic rings. The van der Waals surface area contributed by atoms with Gasteiger partial charge < -0.3 is 4.74 Å². The Kier molecular flexibility index (Phi) is 4.72. The molecule has 0 N–H and O–H groups in total. The number of rotatable bonds is 3. The third-order valence-corrected chi connectivity index (χ3v) is 8.49. The van der Waals surface area contributed by atoms with Crippen LogP contribution in [0.25, 0.3) is 0 Å². The summed E-state index contributed by atoms with van der Waals surface area (Å²) in [6, 6.07) is 34.8. The van der Waals surface area contributed by atoms with E-state index in [1.165, 1.54) is 32.6 Å². The number of benzene rings is 4. The van der Waals surface area contributed by atoms with Gasteiger partial charge in [0.15, 0.2) is 0 Å². The number of ether oxygens (including phenoxy) is 1. The molecule has 148 valence electrons. The summed E-state index contributed by atoms with van der Waals surface area (Å²) in [6.07, 6.45) is 0. The summed E-state index contributed by atoms with van der Waals surface area (Å²) in [6.45, 7) is 6.76. The van der Waals surface area contributed by atoms with Gasteiger partial charge in [-0.1, -0.05) is 111 Å². The number of aryl methyl sites for hydroxylation is 1. The van der Waals surface area contributed by atoms with Gasteiger partial charge in [0, 0.05) is 21.8 Å². The van der Waals surface area contributed by atoms with Crippen LogP contribution >= 0.6 is 7.92 Å². The maximum absolute atomic E-state index is 6.72. The normalized spacial score (nSPS) is 14.0. The van der Waals surface area contributed by atoms with E-state index in [-0.39, 0.29) is 5.41 Å². The van der Waals surface area contributed by atoms with Crippen molar-refractivity contribution < 1.29 is 4.74 Å². The molecule has 0 saturated carbocycles. The van der Waals surface area contributed by atoms with Crippen molar-refractivity contribution in [1.82, 2.24) is 0 Å². The molecule has 0 fully saturated rings. The average molecular weight is 408 g/mol. The largest absolute Gasteiger partial charge is 0.456 e. The lowest BCUT2D eigenvalue weighted by Crippen LogP contribution is -2.30. The van der Waals surface area contributed by atoms with E-state index in [2.05, 4.69) is 118 Å². The quantitative estimate of drug-likeness (QED) is 0.368. The summed E-state index contributed by atoms with van der Waals surface area (Å²) >= 11 is 0. The van der Waals surface area contributed by atoms with Gasteiger partial charge in [-0.15, -0.1) is 0 Å². The molecule has 0 unspecified atom stereocenters. The fraction of sp³-hybridized carbons (Fsp3) is 0.143. The maximum Gasteiger partial charge on any atom is 0.139 e. The molecule has 5 rings (SSSR count). The van der Waals surface area contributed by atoms with Gasteiger partial charge in [-0.05, 0) is 31.0 Å². The second-order valence-corrected chi connectivity index (χ2v) is 10.5. The molecule has 0 atom stereocenters. The van der Waals surface area contributed by atoms with E-state index < -0.39 is 7.92 Å². The van der Waals surface area contributed by atoms with Crippen molar-refractivity contribution in [2.24, 2.45) is 0 Å². The van der Waals surface area contributed by atoms with Crippen LogP contribution in [0.1, 0.15) is 30.5 Å². The molecule has 0 amide bonds. The van der Waals surface area contributed by atoms with Crippen molar-refractivity contribution in [3.8, 4) is 11.5 Å². The van der Waals surface area contributed by atoms with Crippen LogP contribution in [-0.4, -0.2) is 0 Å². The summed E-state index contributed by atoms with van der Waals surface area (Å²) in [5, 5.41) is 3.95. The van der Waals surface area contributed by atoms with Crippen molar-refractivity contribution in [2.45, 2.75) is 26.2 Å². The summed E-state index contributed by atoms with van der Waals surface area (Å²) in [5.41, 5.74) is 3.59. The minimum atomic E-state index is -0.726. The molecule has 1 heterocycles. The second kappa shape index (κ2) is 7.42. The van der Waals surface area contributed by atoms with Gasteiger partial charge in [0.2, 0.25) is 0 Å². The van der Waals surface area contributed by atoms with Crippen LogP contribution < -0.4 is 20.7 Å². The highest BCUT2D eigenvalue weighted by Gasteiger charge is 2.37. The zero-order valence-electron chi connectivity index (χ0n) is 17.6. The van der Waals surface area contributed by atoms with Gasteiger partial charge in [0.25, 0.3) is 0 Å². The minimum absolute atomic E-state index is 0.112. The molecule has 4 aromatic carbocycles. The third kappa shape index (κ3) is 3.06. The third-order valence-electron chi connectivity index (χ3n) is 6.03. The Morgan fingerprint density at radius 1 is 0.600 bits per heavy atom. The molecule has 0 aliphatic carbocycles. The van der Waals surface area contributed by atoms with Gasteiger partial charge in [-0.3, -0.25) is 0 Å². The zero-order valence-corrected chi connectivity index (χ0v) is 18.5. The van der Waals surface area contributed by atoms with E-state index in [1.54, 1.807) is 0 Å². The summed E-state index contributed by atoms with van der Waals surface area (Å²) in [4.78, 5) is 0. The topological polar surface area (TPSA) is 9.23 Å². The Labute approximate surface area is 180 Å². The molecule has 0 saturated heterocycles. The maximum atomic E-state index is 6.72. The molecule has 0 aromatic heterocycles. The first kappa shape index (κ1) is 19.1. The van der Waals surface area contributed by atoms with Crippen LogP contribution in [0.5, 0.6) is 11.5 Å². The minimum Gasteiger partial charge on any atom is -0.456 e. The highest BCUT2D eigenvalue weighted by Crippen LogP contribution is 2.51. The van der Waals surface area contributed by atoms with Gasteiger partial charge in [0.1, 0.15) is 11.5 Å². The van der Waals surface area contributed by atoms with E-state index >= 15 is 0 Å². The van der Waals surface area contributed by atoms with Crippen LogP contribution in [0.2, 0.25) is 0 Å². The van der Waals surface area contributed by atoms with Crippen LogP contribution in [0.3, 0.4) is 0 Å². The zero-order chi connectivity index (χ0) is 20.7. The van der Waals surface area contributed by atoms with Gasteiger partial charge in [-0.2, -0.15) is 0 Å². The Morgan fingerprint density at radius 3 is 1.73 bits per heavy atom. The van der Waals surface area contributed by atoms with Crippen molar-refractivity contribution >= 4 is 23.8 Å². The lowest BCUT2D eigenvalue weighted by atomic mass is 9.75. The first-order chi connectivity index (χ1) is 14.6. The monoisotopic (exact) mass is 408 g/mol. The molecule has 0 radical (unpaired) electrons. The number of fused-ring (bicyclic) bond motifs is 2. The number of hydrogen-bond donors (Lipinski definition) is 0. The first-order valence-electron chi connectivity index (χ1n) is 10.4. The number of para-hydroxylation sites is 2. The van der Waals surface area contributed by atoms with Crippen LogP contribution in [0.4, 0.5) is 0 Å². The Bertz CT molecular complexity index is 1160. The number of hydrogen-bond acceptors (Lipinski definition) is 1. The van der Waals surface area contributed by atoms with Crippen molar-refractivity contribution in [3.63, 3.8) is 0 Å². The van der Waals surface area contributed by atoms with Crippen LogP contribution in [-0.2, 0) is 5.41 Å². The van der Waals surface area contributed by atoms with Crippen molar-refractivity contribution in [3.05, 3.63) is 114 Å². The van der Waals surface area contributed by atoms with E-state index in [0.717, 1.165) is 11.5 Å². The Hall–Kier alpha value is -2.89. The fourth-order valence-corrected chi connectivity index (χ4v) is 6.81. The van der Waals surface area contributed by atoms with Crippen molar-refractivity contribution in [2.75, 3.05) is 0 Å². The van der Waals surface area contributed by atoms with Crippen molar-refractivity contribution in [1.29, 1.82) is 0 Å². The van der Waals surface area contributed by atoms with E-state index in [4.69, 9.17) is 4.74 Å². The van der Waals surface area contributed by atoms with E-state index in [9.17, 15) is 0 Å². The smallest absolute Gasteiger partial charge is 0.139 e. The molecular formula is C28H25OP. The molecule has 30 heavy (non-hydrogen) atoms. The average Bonchev–Trinajstić information content (AvgIpc) is 2.77. The highest BCUT2D eigenvalue weighted by atomic mass is 31.1. The molecule has 1 aliphatic heterocycles. The standard InChI is InChI=1S/C28H25OP/c1-20-12-10-17-23-26(20)29-27-24(28(23,2)3)18-11-19-25(27)30(21-13-6-4-7-14-21)22-15-8-5-9-16-22/h4-19H,1-3H3. The Balaban J connectivity index is 1.76. The second-order valence-electron chi connectivity index (χ2n) is 8.34. The van der Waals surface area contributed by atoms with Gasteiger partial charge in [-0.25, -0.2) is 0 Å². The lowest BCUT2D eigenvalue weighted by Gasteiger charge is -2.37. The predicted molar refractivity (Wildman–Crippen MR) is 129 cm³/mol. The van der Waals surface area contributed by atoms with E-state index in [0.29, 0.717) is 0 Å². The Morgan fingerprint density at radius 2 is 1.13 bits per heavy atom. The van der Waals surface area contributed by atoms with Gasteiger partial charge in [0.05, 0.1) is 0 Å². The fourth-order valence-electron chi connectivity index (χ4n) is 4.41. The van der Waals surface area contributed by atoms with Gasteiger partial charge >= 0.3 is 0 Å². The van der Waals surface area contributed by atoms with E-state index in [1.807, 2.05) is 0 Å². The SMILES string of the molecule is Cc1cccc2c1Oc1c(P(c3ccccc3)c3ccccc3)cccc1C2(C)C. The van der Waals surface area contributed by atoms with Crippen LogP contribution in [0, 0.1) is 6.92 Å². The first-order valence-corrected chi connectivity index (χ1v) is 11.7. The van der Waals surface area contributed by atoms with Crippen LogP contribution in [0.15, 0.2) is 97.1 Å². The molecular weight excluding hydrogens is 383 g/mol. The summed E-state index contributed by atoms with van der Waals surface area (Å²) in [7, 11) is -0.726. The summed E-state index contributed by atoms with van der Waals surface area (Å²) < 4.78 is 6.72. The molecule has 2 heteroatoms.